The Labute approximate surface area is 152 Å². The molecule has 0 aromatic carbocycles. The highest BCUT2D eigenvalue weighted by Gasteiger charge is 2.41. The Morgan fingerprint density at radius 2 is 0.920 bits per heavy atom. The summed E-state index contributed by atoms with van der Waals surface area (Å²) in [6.45, 7) is 8.30. The molecule has 0 amide bonds. The van der Waals surface area contributed by atoms with Gasteiger partial charge < -0.3 is 18.9 Å². The van der Waals surface area contributed by atoms with Gasteiger partial charge in [-0.1, -0.05) is 13.8 Å². The van der Waals surface area contributed by atoms with Crippen molar-refractivity contribution in [3.63, 3.8) is 0 Å². The fourth-order valence-electron chi connectivity index (χ4n) is 5.35. The van der Waals surface area contributed by atoms with Gasteiger partial charge in [-0.25, -0.2) is 0 Å². The minimum Gasteiger partial charge on any atom is -0.376 e. The zero-order valence-electron chi connectivity index (χ0n) is 16.1. The molecule has 2 heterocycles. The first-order valence-corrected chi connectivity index (χ1v) is 10.6. The number of ether oxygens (including phenoxy) is 4. The summed E-state index contributed by atoms with van der Waals surface area (Å²) < 4.78 is 22.8. The number of rotatable bonds is 6. The summed E-state index contributed by atoms with van der Waals surface area (Å²) in [5, 5.41) is 0. The predicted molar refractivity (Wildman–Crippen MR) is 96.7 cm³/mol. The first kappa shape index (κ1) is 18.2. The van der Waals surface area contributed by atoms with E-state index in [4.69, 9.17) is 18.9 Å². The van der Waals surface area contributed by atoms with E-state index >= 15 is 0 Å². The monoisotopic (exact) mass is 352 g/mol. The van der Waals surface area contributed by atoms with Crippen LogP contribution in [0.1, 0.15) is 65.2 Å². The Hall–Kier alpha value is -0.160. The largest absolute Gasteiger partial charge is 0.376 e. The zero-order valence-corrected chi connectivity index (χ0v) is 16.1. The summed E-state index contributed by atoms with van der Waals surface area (Å²) in [5.74, 6) is 1.71. The van der Waals surface area contributed by atoms with E-state index in [9.17, 15) is 0 Å². The molecule has 25 heavy (non-hydrogen) atoms. The maximum absolute atomic E-state index is 6.15. The van der Waals surface area contributed by atoms with Crippen LogP contribution in [0.15, 0.2) is 0 Å². The van der Waals surface area contributed by atoms with E-state index in [-0.39, 0.29) is 0 Å². The van der Waals surface area contributed by atoms with E-state index in [0.717, 1.165) is 38.3 Å². The lowest BCUT2D eigenvalue weighted by atomic mass is 9.60. The van der Waals surface area contributed by atoms with E-state index in [1.807, 2.05) is 0 Å². The van der Waals surface area contributed by atoms with Gasteiger partial charge in [0.2, 0.25) is 0 Å². The fraction of sp³-hybridized carbons (Fsp3) is 1.00. The normalized spacial score (nSPS) is 38.2. The first-order chi connectivity index (χ1) is 12.1. The van der Waals surface area contributed by atoms with Gasteiger partial charge in [-0.05, 0) is 68.6 Å². The second kappa shape index (κ2) is 7.84. The van der Waals surface area contributed by atoms with Gasteiger partial charge in [-0.15, -0.1) is 0 Å². The molecule has 2 aliphatic heterocycles. The van der Waals surface area contributed by atoms with Crippen LogP contribution in [0.25, 0.3) is 0 Å². The van der Waals surface area contributed by atoms with Crippen molar-refractivity contribution in [3.05, 3.63) is 0 Å². The molecule has 0 N–H and O–H groups in total. The zero-order chi connectivity index (χ0) is 17.3. The van der Waals surface area contributed by atoms with Crippen molar-refractivity contribution < 1.29 is 18.9 Å². The third kappa shape index (κ3) is 4.23. The Bertz CT molecular complexity index is 376. The van der Waals surface area contributed by atoms with Gasteiger partial charge in [0, 0.05) is 0 Å². The summed E-state index contributed by atoms with van der Waals surface area (Å²) in [6.07, 6.45) is 12.0. The van der Waals surface area contributed by atoms with Gasteiger partial charge in [-0.2, -0.15) is 0 Å². The van der Waals surface area contributed by atoms with Crippen LogP contribution in [-0.4, -0.2) is 50.8 Å². The minimum absolute atomic E-state index is 0.380. The lowest BCUT2D eigenvalue weighted by molar-refractivity contribution is -0.168. The van der Waals surface area contributed by atoms with Gasteiger partial charge in [-0.3, -0.25) is 0 Å². The molecule has 2 saturated heterocycles. The Morgan fingerprint density at radius 3 is 1.20 bits per heavy atom. The molecule has 4 heteroatoms. The summed E-state index contributed by atoms with van der Waals surface area (Å²) in [7, 11) is 0. The van der Waals surface area contributed by atoms with Crippen molar-refractivity contribution in [3.8, 4) is 0 Å². The molecule has 4 fully saturated rings. The first-order valence-electron chi connectivity index (χ1n) is 10.6. The van der Waals surface area contributed by atoms with Gasteiger partial charge >= 0.3 is 0 Å². The molecule has 0 radical (unpaired) electrons. The average molecular weight is 353 g/mol. The molecular weight excluding hydrogens is 316 g/mol. The van der Waals surface area contributed by atoms with Crippen molar-refractivity contribution >= 4 is 0 Å². The molecular formula is C21H36O4. The van der Waals surface area contributed by atoms with E-state index in [1.165, 1.54) is 51.4 Å². The van der Waals surface area contributed by atoms with Crippen LogP contribution in [0.4, 0.5) is 0 Å². The van der Waals surface area contributed by atoms with Crippen molar-refractivity contribution in [2.75, 3.05) is 26.4 Å². The topological polar surface area (TPSA) is 36.9 Å². The molecule has 4 aliphatic rings. The van der Waals surface area contributed by atoms with Gasteiger partial charge in [0.25, 0.3) is 0 Å². The van der Waals surface area contributed by atoms with Crippen LogP contribution in [0.3, 0.4) is 0 Å². The van der Waals surface area contributed by atoms with Crippen molar-refractivity contribution in [2.45, 2.75) is 89.6 Å². The Morgan fingerprint density at radius 1 is 0.560 bits per heavy atom. The van der Waals surface area contributed by atoms with Crippen LogP contribution >= 0.6 is 0 Å². The average Bonchev–Trinajstić information content (AvgIpc) is 2.55. The molecule has 0 atom stereocenters. The van der Waals surface area contributed by atoms with E-state index in [1.54, 1.807) is 0 Å². The molecule has 0 aromatic rings. The lowest BCUT2D eigenvalue weighted by Crippen LogP contribution is -2.43. The van der Waals surface area contributed by atoms with Crippen LogP contribution in [0, 0.1) is 17.3 Å². The summed E-state index contributed by atoms with van der Waals surface area (Å²) in [6, 6.07) is 0. The van der Waals surface area contributed by atoms with Crippen LogP contribution in [0.2, 0.25) is 0 Å². The molecule has 144 valence electrons. The summed E-state index contributed by atoms with van der Waals surface area (Å²) >= 11 is 0. The molecule has 4 rings (SSSR count). The van der Waals surface area contributed by atoms with Crippen LogP contribution < -0.4 is 0 Å². The Kier molecular flexibility index (Phi) is 5.71. The maximum atomic E-state index is 6.15. The van der Waals surface area contributed by atoms with Crippen LogP contribution in [0.5, 0.6) is 0 Å². The highest BCUT2D eigenvalue weighted by Crippen LogP contribution is 2.49. The SMILES string of the molecule is CC(C)(C1CCC(OC2COC2)CC1)C1CCC(OC2COC2)CC1. The molecule has 0 unspecified atom stereocenters. The van der Waals surface area contributed by atoms with Crippen molar-refractivity contribution in [1.29, 1.82) is 0 Å². The quantitative estimate of drug-likeness (QED) is 0.725. The fourth-order valence-corrected chi connectivity index (χ4v) is 5.35. The van der Waals surface area contributed by atoms with E-state index < -0.39 is 0 Å². The third-order valence-electron chi connectivity index (χ3n) is 7.44. The van der Waals surface area contributed by atoms with E-state index in [2.05, 4.69) is 13.8 Å². The second-order valence-electron chi connectivity index (χ2n) is 9.36. The molecule has 2 aliphatic carbocycles. The standard InChI is InChI=1S/C21H36O4/c1-21(2,15-3-7-17(8-4-15)24-19-11-22-12-19)16-5-9-18(10-6-16)25-20-13-23-14-20/h15-20H,3-14H2,1-2H3. The highest BCUT2D eigenvalue weighted by molar-refractivity contribution is 4.91. The molecule has 0 aromatic heterocycles. The minimum atomic E-state index is 0.380. The number of hydrogen-bond acceptors (Lipinski definition) is 4. The van der Waals surface area contributed by atoms with E-state index in [0.29, 0.717) is 29.8 Å². The summed E-state index contributed by atoms with van der Waals surface area (Å²) in [4.78, 5) is 0. The van der Waals surface area contributed by atoms with Crippen molar-refractivity contribution in [2.24, 2.45) is 17.3 Å². The van der Waals surface area contributed by atoms with Gasteiger partial charge in [0.1, 0.15) is 12.2 Å². The van der Waals surface area contributed by atoms with Gasteiger partial charge in [0.15, 0.2) is 0 Å². The van der Waals surface area contributed by atoms with Crippen LogP contribution in [-0.2, 0) is 18.9 Å². The maximum Gasteiger partial charge on any atom is 0.104 e. The molecule has 0 bridgehead atoms. The lowest BCUT2D eigenvalue weighted by Gasteiger charge is -2.47. The smallest absolute Gasteiger partial charge is 0.104 e. The highest BCUT2D eigenvalue weighted by atomic mass is 16.6. The van der Waals surface area contributed by atoms with Crippen molar-refractivity contribution in [1.82, 2.24) is 0 Å². The second-order valence-corrected chi connectivity index (χ2v) is 9.36. The third-order valence-corrected chi connectivity index (χ3v) is 7.44. The number of hydrogen-bond donors (Lipinski definition) is 0. The molecule has 2 saturated carbocycles. The molecule has 0 spiro atoms. The Balaban J connectivity index is 1.21. The molecule has 4 nitrogen and oxygen atoms in total. The summed E-state index contributed by atoms with van der Waals surface area (Å²) in [5.41, 5.74) is 0.453. The van der Waals surface area contributed by atoms with Gasteiger partial charge in [0.05, 0.1) is 38.6 Å². The predicted octanol–water partition coefficient (Wildman–Crippen LogP) is 3.96.